The minimum atomic E-state index is -0.497. The molecule has 0 aromatic heterocycles. The van der Waals surface area contributed by atoms with Gasteiger partial charge in [0.1, 0.15) is 5.75 Å². The van der Waals surface area contributed by atoms with Gasteiger partial charge in [0.05, 0.1) is 6.04 Å². The van der Waals surface area contributed by atoms with Gasteiger partial charge in [-0.2, -0.15) is 0 Å². The van der Waals surface area contributed by atoms with E-state index >= 15 is 0 Å². The summed E-state index contributed by atoms with van der Waals surface area (Å²) in [5, 5.41) is 9.12. The van der Waals surface area contributed by atoms with Gasteiger partial charge < -0.3 is 10.8 Å². The van der Waals surface area contributed by atoms with Gasteiger partial charge in [0.25, 0.3) is 0 Å². The molecule has 0 aliphatic carbocycles. The molecule has 0 saturated carbocycles. The van der Waals surface area contributed by atoms with Crippen LogP contribution < -0.4 is 5.73 Å². The number of Topliss-reactive ketones (excluding diaryl/α,β-unsaturated/α-hetero) is 1. The zero-order valence-electron chi connectivity index (χ0n) is 7.74. The molecule has 3 N–H and O–H groups in total. The van der Waals surface area contributed by atoms with Crippen LogP contribution in [0.5, 0.6) is 5.75 Å². The van der Waals surface area contributed by atoms with Crippen LogP contribution >= 0.6 is 0 Å². The fourth-order valence-electron chi connectivity index (χ4n) is 1.17. The number of nitrogens with two attached hydrogens (primary N) is 1. The van der Waals surface area contributed by atoms with E-state index in [1.54, 1.807) is 26.0 Å². The molecule has 0 aliphatic heterocycles. The van der Waals surface area contributed by atoms with Gasteiger partial charge in [-0.1, -0.05) is 0 Å². The summed E-state index contributed by atoms with van der Waals surface area (Å²) in [6, 6.07) is 4.14. The first-order valence-corrected chi connectivity index (χ1v) is 4.12. The summed E-state index contributed by atoms with van der Waals surface area (Å²) in [6.45, 7) is 3.42. The lowest BCUT2D eigenvalue weighted by Gasteiger charge is -2.07. The lowest BCUT2D eigenvalue weighted by molar-refractivity contribution is 0.0967. The van der Waals surface area contributed by atoms with Gasteiger partial charge in [0.15, 0.2) is 5.78 Å². The van der Waals surface area contributed by atoms with Crippen LogP contribution in [0.3, 0.4) is 0 Å². The number of phenolic OH excluding ortho intramolecular Hbond substituents is 1. The van der Waals surface area contributed by atoms with Crippen molar-refractivity contribution in [3.05, 3.63) is 29.3 Å². The summed E-state index contributed by atoms with van der Waals surface area (Å²) in [5.74, 6) is 0.0659. The van der Waals surface area contributed by atoms with Gasteiger partial charge >= 0.3 is 0 Å². The van der Waals surface area contributed by atoms with E-state index in [1.807, 2.05) is 0 Å². The Morgan fingerprint density at radius 3 is 2.62 bits per heavy atom. The standard InChI is InChI=1S/C10H13NO2/c1-6-5-8(12)3-4-9(6)10(13)7(2)11/h3-5,7,12H,11H2,1-2H3. The van der Waals surface area contributed by atoms with Crippen molar-refractivity contribution in [3.63, 3.8) is 0 Å². The minimum absolute atomic E-state index is 0.0995. The van der Waals surface area contributed by atoms with E-state index in [4.69, 9.17) is 10.8 Å². The number of aromatic hydroxyl groups is 1. The van der Waals surface area contributed by atoms with Gasteiger partial charge in [-0.15, -0.1) is 0 Å². The van der Waals surface area contributed by atoms with Gasteiger partial charge in [-0.3, -0.25) is 4.79 Å². The molecular weight excluding hydrogens is 166 g/mol. The monoisotopic (exact) mass is 179 g/mol. The molecule has 0 bridgehead atoms. The zero-order valence-corrected chi connectivity index (χ0v) is 7.74. The van der Waals surface area contributed by atoms with E-state index in [2.05, 4.69) is 0 Å². The molecule has 1 aromatic rings. The molecule has 0 aliphatic rings. The smallest absolute Gasteiger partial charge is 0.179 e. The molecule has 0 fully saturated rings. The molecule has 0 heterocycles. The van der Waals surface area contributed by atoms with E-state index in [9.17, 15) is 4.79 Å². The summed E-state index contributed by atoms with van der Waals surface area (Å²) in [6.07, 6.45) is 0. The highest BCUT2D eigenvalue weighted by Gasteiger charge is 2.12. The molecular formula is C10H13NO2. The number of ketones is 1. The van der Waals surface area contributed by atoms with E-state index in [-0.39, 0.29) is 11.5 Å². The Morgan fingerprint density at radius 1 is 1.54 bits per heavy atom. The second-order valence-corrected chi connectivity index (χ2v) is 3.15. The molecule has 0 radical (unpaired) electrons. The SMILES string of the molecule is Cc1cc(O)ccc1C(=O)C(C)N. The number of carbonyl (C=O) groups excluding carboxylic acids is 1. The molecule has 0 amide bonds. The Morgan fingerprint density at radius 2 is 2.15 bits per heavy atom. The maximum atomic E-state index is 11.5. The second kappa shape index (κ2) is 3.58. The molecule has 1 rings (SSSR count). The van der Waals surface area contributed by atoms with Crippen molar-refractivity contribution in [2.45, 2.75) is 19.9 Å². The van der Waals surface area contributed by atoms with Crippen molar-refractivity contribution < 1.29 is 9.90 Å². The minimum Gasteiger partial charge on any atom is -0.508 e. The number of carbonyl (C=O) groups is 1. The lowest BCUT2D eigenvalue weighted by atomic mass is 10.0. The Balaban J connectivity index is 3.09. The van der Waals surface area contributed by atoms with Crippen LogP contribution in [0.25, 0.3) is 0 Å². The quantitative estimate of drug-likeness (QED) is 0.671. The third-order valence-corrected chi connectivity index (χ3v) is 1.89. The summed E-state index contributed by atoms with van der Waals surface area (Å²) < 4.78 is 0. The van der Waals surface area contributed by atoms with E-state index in [0.29, 0.717) is 5.56 Å². The lowest BCUT2D eigenvalue weighted by Crippen LogP contribution is -2.27. The van der Waals surface area contributed by atoms with Crippen molar-refractivity contribution in [2.24, 2.45) is 5.73 Å². The van der Waals surface area contributed by atoms with Crippen LogP contribution in [-0.4, -0.2) is 16.9 Å². The third-order valence-electron chi connectivity index (χ3n) is 1.89. The highest BCUT2D eigenvalue weighted by atomic mass is 16.3. The molecule has 70 valence electrons. The third kappa shape index (κ3) is 2.06. The van der Waals surface area contributed by atoms with Crippen LogP contribution in [0.4, 0.5) is 0 Å². The van der Waals surface area contributed by atoms with E-state index in [1.165, 1.54) is 6.07 Å². The number of hydrogen-bond acceptors (Lipinski definition) is 3. The highest BCUT2D eigenvalue weighted by molar-refractivity contribution is 6.01. The number of aryl methyl sites for hydroxylation is 1. The van der Waals surface area contributed by atoms with Crippen molar-refractivity contribution >= 4 is 5.78 Å². The number of phenols is 1. The predicted octanol–water partition coefficient (Wildman–Crippen LogP) is 1.23. The molecule has 13 heavy (non-hydrogen) atoms. The number of hydrogen-bond donors (Lipinski definition) is 2. The molecule has 1 atom stereocenters. The Labute approximate surface area is 77.2 Å². The average molecular weight is 179 g/mol. The van der Waals surface area contributed by atoms with Gasteiger partial charge in [-0.05, 0) is 37.6 Å². The largest absolute Gasteiger partial charge is 0.508 e. The van der Waals surface area contributed by atoms with Gasteiger partial charge in [0, 0.05) is 5.56 Å². The van der Waals surface area contributed by atoms with E-state index in [0.717, 1.165) is 5.56 Å². The number of rotatable bonds is 2. The first-order chi connectivity index (χ1) is 6.02. The Hall–Kier alpha value is -1.35. The fraction of sp³-hybridized carbons (Fsp3) is 0.300. The summed E-state index contributed by atoms with van der Waals surface area (Å²) >= 11 is 0. The maximum Gasteiger partial charge on any atom is 0.179 e. The topological polar surface area (TPSA) is 63.3 Å². The van der Waals surface area contributed by atoms with E-state index < -0.39 is 6.04 Å². The molecule has 0 spiro atoms. The highest BCUT2D eigenvalue weighted by Crippen LogP contribution is 2.16. The molecule has 3 nitrogen and oxygen atoms in total. The first-order valence-electron chi connectivity index (χ1n) is 4.12. The van der Waals surface area contributed by atoms with Crippen molar-refractivity contribution in [2.75, 3.05) is 0 Å². The molecule has 3 heteroatoms. The van der Waals surface area contributed by atoms with Gasteiger partial charge in [-0.25, -0.2) is 0 Å². The summed E-state index contributed by atoms with van der Waals surface area (Å²) in [7, 11) is 0. The van der Waals surface area contributed by atoms with Crippen molar-refractivity contribution in [3.8, 4) is 5.75 Å². The van der Waals surface area contributed by atoms with Crippen LogP contribution in [-0.2, 0) is 0 Å². The number of benzene rings is 1. The van der Waals surface area contributed by atoms with Crippen LogP contribution in [0, 0.1) is 6.92 Å². The van der Waals surface area contributed by atoms with Crippen LogP contribution in [0.1, 0.15) is 22.8 Å². The van der Waals surface area contributed by atoms with Crippen LogP contribution in [0.15, 0.2) is 18.2 Å². The maximum absolute atomic E-state index is 11.5. The predicted molar refractivity (Wildman–Crippen MR) is 50.8 cm³/mol. The fourth-order valence-corrected chi connectivity index (χ4v) is 1.17. The molecule has 1 unspecified atom stereocenters. The van der Waals surface area contributed by atoms with Crippen LogP contribution in [0.2, 0.25) is 0 Å². The molecule has 1 aromatic carbocycles. The summed E-state index contributed by atoms with van der Waals surface area (Å²) in [5.41, 5.74) is 6.79. The van der Waals surface area contributed by atoms with Crippen molar-refractivity contribution in [1.82, 2.24) is 0 Å². The zero-order chi connectivity index (χ0) is 10.0. The van der Waals surface area contributed by atoms with Crippen molar-refractivity contribution in [1.29, 1.82) is 0 Å². The second-order valence-electron chi connectivity index (χ2n) is 3.15. The normalized spacial score (nSPS) is 12.5. The molecule has 0 saturated heterocycles. The van der Waals surface area contributed by atoms with Gasteiger partial charge in [0.2, 0.25) is 0 Å². The Kier molecular flexibility index (Phi) is 2.68. The Bertz CT molecular complexity index is 332. The summed E-state index contributed by atoms with van der Waals surface area (Å²) in [4.78, 5) is 11.5. The first kappa shape index (κ1) is 9.74. The average Bonchev–Trinajstić information content (AvgIpc) is 2.03.